The lowest BCUT2D eigenvalue weighted by Gasteiger charge is -2.20. The summed E-state index contributed by atoms with van der Waals surface area (Å²) in [7, 11) is 0. The van der Waals surface area contributed by atoms with Crippen molar-refractivity contribution in [1.82, 2.24) is 0 Å². The van der Waals surface area contributed by atoms with Crippen LogP contribution in [0.5, 0.6) is 0 Å². The molecular formula is C12H17F2NO. The molecule has 0 saturated heterocycles. The molecule has 0 aliphatic heterocycles. The number of ether oxygens (including phenoxy) is 1. The van der Waals surface area contributed by atoms with E-state index in [0.717, 1.165) is 6.07 Å². The van der Waals surface area contributed by atoms with Gasteiger partial charge in [0.25, 0.3) is 0 Å². The molecule has 2 N–H and O–H groups in total. The van der Waals surface area contributed by atoms with Crippen LogP contribution in [-0.4, -0.2) is 18.8 Å². The highest BCUT2D eigenvalue weighted by molar-refractivity contribution is 5.20. The molecule has 0 aliphatic carbocycles. The quantitative estimate of drug-likeness (QED) is 0.840. The Morgan fingerprint density at radius 3 is 2.69 bits per heavy atom. The first-order valence-electron chi connectivity index (χ1n) is 5.36. The van der Waals surface area contributed by atoms with Gasteiger partial charge in [0.1, 0.15) is 0 Å². The molecule has 0 radical (unpaired) electrons. The minimum atomic E-state index is -0.839. The second kappa shape index (κ2) is 5.92. The van der Waals surface area contributed by atoms with Crippen LogP contribution in [0.25, 0.3) is 0 Å². The van der Waals surface area contributed by atoms with Crippen molar-refractivity contribution in [3.05, 3.63) is 35.4 Å². The third kappa shape index (κ3) is 3.25. The topological polar surface area (TPSA) is 35.2 Å². The Kier molecular flexibility index (Phi) is 4.83. The molecule has 0 spiro atoms. The number of rotatable bonds is 5. The van der Waals surface area contributed by atoms with Gasteiger partial charge in [-0.2, -0.15) is 0 Å². The van der Waals surface area contributed by atoms with E-state index in [2.05, 4.69) is 0 Å². The van der Waals surface area contributed by atoms with Crippen molar-refractivity contribution in [3.8, 4) is 0 Å². The van der Waals surface area contributed by atoms with Crippen molar-refractivity contribution >= 4 is 0 Å². The highest BCUT2D eigenvalue weighted by Gasteiger charge is 2.16. The van der Waals surface area contributed by atoms with Crippen LogP contribution in [-0.2, 0) is 11.2 Å². The Morgan fingerprint density at radius 2 is 2.06 bits per heavy atom. The molecule has 0 aromatic heterocycles. The molecule has 1 aromatic carbocycles. The van der Waals surface area contributed by atoms with Crippen molar-refractivity contribution in [2.24, 2.45) is 5.73 Å². The Morgan fingerprint density at radius 1 is 1.38 bits per heavy atom. The average Bonchev–Trinajstić information content (AvgIpc) is 2.25. The first-order valence-corrected chi connectivity index (χ1v) is 5.36. The molecule has 0 amide bonds. The summed E-state index contributed by atoms with van der Waals surface area (Å²) in [4.78, 5) is 0. The first-order chi connectivity index (χ1) is 7.56. The zero-order chi connectivity index (χ0) is 12.1. The van der Waals surface area contributed by atoms with Crippen molar-refractivity contribution in [2.45, 2.75) is 32.4 Å². The fourth-order valence-corrected chi connectivity index (χ4v) is 1.51. The summed E-state index contributed by atoms with van der Waals surface area (Å²) in [6, 6.07) is 3.77. The van der Waals surface area contributed by atoms with E-state index in [4.69, 9.17) is 10.5 Å². The lowest BCUT2D eigenvalue weighted by Crippen LogP contribution is -2.36. The molecule has 4 heteroatoms. The number of halogens is 2. The molecule has 2 atom stereocenters. The lowest BCUT2D eigenvalue weighted by atomic mass is 10.0. The maximum Gasteiger partial charge on any atom is 0.162 e. The van der Waals surface area contributed by atoms with Crippen LogP contribution in [0.2, 0.25) is 0 Å². The zero-order valence-corrected chi connectivity index (χ0v) is 9.54. The molecule has 0 heterocycles. The Bertz CT molecular complexity index is 344. The van der Waals surface area contributed by atoms with E-state index in [9.17, 15) is 8.78 Å². The third-order valence-electron chi connectivity index (χ3n) is 2.52. The fraction of sp³-hybridized carbons (Fsp3) is 0.500. The van der Waals surface area contributed by atoms with Crippen LogP contribution in [0.4, 0.5) is 8.78 Å². The predicted octanol–water partition coefficient (Wildman–Crippen LogP) is 2.26. The number of hydrogen-bond donors (Lipinski definition) is 1. The largest absolute Gasteiger partial charge is 0.377 e. The Hall–Kier alpha value is -1.00. The average molecular weight is 229 g/mol. The maximum atomic E-state index is 13.3. The van der Waals surface area contributed by atoms with Crippen LogP contribution in [0.3, 0.4) is 0 Å². The Balaban J connectivity index is 2.69. The maximum absolute atomic E-state index is 13.3. The van der Waals surface area contributed by atoms with Crippen LogP contribution in [0, 0.1) is 11.6 Å². The normalized spacial score (nSPS) is 14.8. The predicted molar refractivity (Wildman–Crippen MR) is 59.1 cm³/mol. The molecule has 0 aliphatic rings. The van der Waals surface area contributed by atoms with Gasteiger partial charge >= 0.3 is 0 Å². The summed E-state index contributed by atoms with van der Waals surface area (Å²) in [5.41, 5.74) is 6.13. The van der Waals surface area contributed by atoms with Crippen molar-refractivity contribution < 1.29 is 13.5 Å². The number of hydrogen-bond acceptors (Lipinski definition) is 2. The van der Waals surface area contributed by atoms with E-state index in [0.29, 0.717) is 12.2 Å². The molecule has 16 heavy (non-hydrogen) atoms. The molecule has 2 unspecified atom stereocenters. The fourth-order valence-electron chi connectivity index (χ4n) is 1.51. The smallest absolute Gasteiger partial charge is 0.162 e. The SMILES string of the molecule is CCOC(C)C(N)Cc1cccc(F)c1F. The van der Waals surface area contributed by atoms with Gasteiger partial charge < -0.3 is 10.5 Å². The van der Waals surface area contributed by atoms with Crippen LogP contribution in [0.15, 0.2) is 18.2 Å². The summed E-state index contributed by atoms with van der Waals surface area (Å²) >= 11 is 0. The van der Waals surface area contributed by atoms with Gasteiger partial charge in [0.05, 0.1) is 6.10 Å². The van der Waals surface area contributed by atoms with Crippen LogP contribution < -0.4 is 5.73 Å². The molecule has 0 bridgehead atoms. The van der Waals surface area contributed by atoms with Crippen LogP contribution >= 0.6 is 0 Å². The minimum absolute atomic E-state index is 0.173. The summed E-state index contributed by atoms with van der Waals surface area (Å²) in [6.07, 6.45) is 0.0952. The number of benzene rings is 1. The van der Waals surface area contributed by atoms with Crippen molar-refractivity contribution in [3.63, 3.8) is 0 Å². The molecule has 2 nitrogen and oxygen atoms in total. The van der Waals surface area contributed by atoms with Crippen molar-refractivity contribution in [2.75, 3.05) is 6.61 Å². The molecule has 0 saturated carbocycles. The highest BCUT2D eigenvalue weighted by atomic mass is 19.2. The summed E-state index contributed by atoms with van der Waals surface area (Å²) < 4.78 is 31.6. The van der Waals surface area contributed by atoms with E-state index in [1.807, 2.05) is 13.8 Å². The summed E-state index contributed by atoms with van der Waals surface area (Å²) in [5.74, 6) is -1.66. The van der Waals surface area contributed by atoms with E-state index < -0.39 is 11.6 Å². The molecule has 1 rings (SSSR count). The van der Waals surface area contributed by atoms with Gasteiger partial charge in [-0.25, -0.2) is 8.78 Å². The second-order valence-corrected chi connectivity index (χ2v) is 3.74. The lowest BCUT2D eigenvalue weighted by molar-refractivity contribution is 0.0575. The molecule has 90 valence electrons. The third-order valence-corrected chi connectivity index (χ3v) is 2.52. The van der Waals surface area contributed by atoms with E-state index >= 15 is 0 Å². The van der Waals surface area contributed by atoms with Gasteiger partial charge in [-0.15, -0.1) is 0 Å². The monoisotopic (exact) mass is 229 g/mol. The molecule has 0 fully saturated rings. The van der Waals surface area contributed by atoms with Gasteiger partial charge in [-0.3, -0.25) is 0 Å². The van der Waals surface area contributed by atoms with E-state index in [1.165, 1.54) is 12.1 Å². The van der Waals surface area contributed by atoms with E-state index in [-0.39, 0.29) is 18.6 Å². The highest BCUT2D eigenvalue weighted by Crippen LogP contribution is 2.14. The summed E-state index contributed by atoms with van der Waals surface area (Å²) in [5, 5.41) is 0. The molecular weight excluding hydrogens is 212 g/mol. The molecule has 1 aromatic rings. The minimum Gasteiger partial charge on any atom is -0.377 e. The summed E-state index contributed by atoms with van der Waals surface area (Å²) in [6.45, 7) is 4.25. The van der Waals surface area contributed by atoms with Gasteiger partial charge in [-0.1, -0.05) is 12.1 Å². The standard InChI is InChI=1S/C12H17F2NO/c1-3-16-8(2)11(15)7-9-5-4-6-10(13)12(9)14/h4-6,8,11H,3,7,15H2,1-2H3. The van der Waals surface area contributed by atoms with Gasteiger partial charge in [0, 0.05) is 12.6 Å². The van der Waals surface area contributed by atoms with Crippen molar-refractivity contribution in [1.29, 1.82) is 0 Å². The first kappa shape index (κ1) is 13.1. The van der Waals surface area contributed by atoms with Gasteiger partial charge in [0.15, 0.2) is 11.6 Å². The number of nitrogens with two attached hydrogens (primary N) is 1. The van der Waals surface area contributed by atoms with Gasteiger partial charge in [0.2, 0.25) is 0 Å². The van der Waals surface area contributed by atoms with Gasteiger partial charge in [-0.05, 0) is 31.9 Å². The zero-order valence-electron chi connectivity index (χ0n) is 9.54. The van der Waals surface area contributed by atoms with Crippen LogP contribution in [0.1, 0.15) is 19.4 Å². The van der Waals surface area contributed by atoms with E-state index in [1.54, 1.807) is 0 Å². The second-order valence-electron chi connectivity index (χ2n) is 3.74. The Labute approximate surface area is 94.4 Å².